The Labute approximate surface area is 185 Å². The van der Waals surface area contributed by atoms with Crippen LogP contribution in [0, 0.1) is 18.3 Å². The lowest BCUT2D eigenvalue weighted by Crippen LogP contribution is -2.04. The number of aliphatic hydroxyl groups excluding tert-OH is 1. The number of rotatable bonds is 4. The van der Waals surface area contributed by atoms with Gasteiger partial charge < -0.3 is 9.52 Å². The first kappa shape index (κ1) is 21.4. The second kappa shape index (κ2) is 8.36. The van der Waals surface area contributed by atoms with Crippen molar-refractivity contribution in [2.75, 3.05) is 0 Å². The van der Waals surface area contributed by atoms with Crippen molar-refractivity contribution in [3.63, 3.8) is 0 Å². The van der Waals surface area contributed by atoms with Crippen LogP contribution < -0.4 is 0 Å². The fourth-order valence-electron chi connectivity index (χ4n) is 3.04. The highest BCUT2D eigenvalue weighted by atomic mass is 32.1. The van der Waals surface area contributed by atoms with Gasteiger partial charge in [-0.2, -0.15) is 18.4 Å². The maximum atomic E-state index is 13.0. The molecule has 0 bridgehead atoms. The van der Waals surface area contributed by atoms with Gasteiger partial charge in [0.15, 0.2) is 11.5 Å². The third kappa shape index (κ3) is 4.29. The van der Waals surface area contributed by atoms with Crippen LogP contribution in [0.3, 0.4) is 0 Å². The number of hydrogen-bond acceptors (Lipinski definition) is 5. The van der Waals surface area contributed by atoms with E-state index in [1.54, 1.807) is 5.38 Å². The number of hydrogen-bond donors (Lipinski definition) is 1. The molecule has 0 saturated heterocycles. The minimum Gasteiger partial charge on any atom is -0.503 e. The summed E-state index contributed by atoms with van der Waals surface area (Å²) in [5.41, 5.74) is 1.95. The summed E-state index contributed by atoms with van der Waals surface area (Å²) in [6.45, 7) is 1.97. The summed E-state index contributed by atoms with van der Waals surface area (Å²) in [5.74, 6) is -0.342. The molecule has 4 aromatic rings. The van der Waals surface area contributed by atoms with Crippen LogP contribution in [-0.4, -0.2) is 10.1 Å². The highest BCUT2D eigenvalue weighted by molar-refractivity contribution is 7.11. The van der Waals surface area contributed by atoms with E-state index in [1.807, 2.05) is 37.3 Å². The van der Waals surface area contributed by atoms with E-state index in [2.05, 4.69) is 4.98 Å². The van der Waals surface area contributed by atoms with E-state index in [9.17, 15) is 23.5 Å². The Morgan fingerprint density at radius 3 is 2.50 bits per heavy atom. The highest BCUT2D eigenvalue weighted by Crippen LogP contribution is 2.35. The van der Waals surface area contributed by atoms with Gasteiger partial charge in [0.2, 0.25) is 0 Å². The van der Waals surface area contributed by atoms with Gasteiger partial charge in [-0.1, -0.05) is 42.0 Å². The molecular weight excluding hydrogens is 437 g/mol. The molecule has 0 atom stereocenters. The first-order valence-corrected chi connectivity index (χ1v) is 10.3. The molecule has 0 fully saturated rings. The Morgan fingerprint density at radius 1 is 1.06 bits per heavy atom. The summed E-state index contributed by atoms with van der Waals surface area (Å²) in [5, 5.41) is 22.3. The monoisotopic (exact) mass is 452 g/mol. The number of aliphatic hydroxyl groups is 1. The molecule has 0 saturated carbocycles. The zero-order valence-electron chi connectivity index (χ0n) is 16.6. The van der Waals surface area contributed by atoms with Crippen LogP contribution in [0.1, 0.15) is 21.9 Å². The third-order valence-electron chi connectivity index (χ3n) is 4.73. The molecule has 0 aliphatic heterocycles. The average molecular weight is 452 g/mol. The predicted molar refractivity (Wildman–Crippen MR) is 116 cm³/mol. The molecule has 4 nitrogen and oxygen atoms in total. The second-order valence-electron chi connectivity index (χ2n) is 6.98. The number of nitrogens with zero attached hydrogens (tertiary/aromatic N) is 2. The minimum absolute atomic E-state index is 0.0407. The van der Waals surface area contributed by atoms with Crippen LogP contribution >= 0.6 is 11.3 Å². The first-order valence-electron chi connectivity index (χ1n) is 9.40. The number of allylic oxidation sites excluding steroid dienone is 1. The van der Waals surface area contributed by atoms with Gasteiger partial charge in [0.05, 0.1) is 11.3 Å². The lowest BCUT2D eigenvalue weighted by Gasteiger charge is -2.07. The fourth-order valence-corrected chi connectivity index (χ4v) is 3.86. The quantitative estimate of drug-likeness (QED) is 0.260. The van der Waals surface area contributed by atoms with E-state index in [0.29, 0.717) is 10.7 Å². The largest absolute Gasteiger partial charge is 0.503 e. The smallest absolute Gasteiger partial charge is 0.416 e. The van der Waals surface area contributed by atoms with E-state index < -0.39 is 17.5 Å². The number of thiazole rings is 1. The molecule has 0 aliphatic rings. The molecule has 32 heavy (non-hydrogen) atoms. The number of aryl methyl sites for hydroxylation is 1. The van der Waals surface area contributed by atoms with Gasteiger partial charge >= 0.3 is 6.18 Å². The number of halogens is 3. The predicted octanol–water partition coefficient (Wildman–Crippen LogP) is 7.35. The second-order valence-corrected chi connectivity index (χ2v) is 7.84. The van der Waals surface area contributed by atoms with Crippen molar-refractivity contribution >= 4 is 22.7 Å². The number of aromatic nitrogens is 1. The zero-order chi connectivity index (χ0) is 22.9. The molecule has 0 aliphatic carbocycles. The molecule has 4 rings (SSSR count). The van der Waals surface area contributed by atoms with Gasteiger partial charge in [0.1, 0.15) is 22.4 Å². The molecule has 2 aromatic heterocycles. The summed E-state index contributed by atoms with van der Waals surface area (Å²) in [7, 11) is 0. The van der Waals surface area contributed by atoms with Crippen molar-refractivity contribution < 1.29 is 22.7 Å². The molecule has 0 spiro atoms. The Balaban J connectivity index is 1.67. The summed E-state index contributed by atoms with van der Waals surface area (Å²) in [6.07, 6.45) is -4.48. The van der Waals surface area contributed by atoms with Crippen LogP contribution in [0.5, 0.6) is 0 Å². The third-order valence-corrected chi connectivity index (χ3v) is 5.59. The Bertz CT molecular complexity index is 1340. The SMILES string of the molecule is Cc1ccc(-c2csc(/C(C#N)=C(\O)c3ccc(-c4cccc(C(F)(F)F)c4)o3)n2)cc1. The molecule has 8 heteroatoms. The van der Waals surface area contributed by atoms with Crippen LogP contribution in [-0.2, 0) is 6.18 Å². The van der Waals surface area contributed by atoms with Crippen LogP contribution in [0.15, 0.2) is 70.5 Å². The molecule has 2 heterocycles. The van der Waals surface area contributed by atoms with Gasteiger partial charge in [-0.15, -0.1) is 11.3 Å². The van der Waals surface area contributed by atoms with E-state index in [-0.39, 0.29) is 22.7 Å². The van der Waals surface area contributed by atoms with Crippen molar-refractivity contribution in [1.29, 1.82) is 5.26 Å². The van der Waals surface area contributed by atoms with Crippen molar-refractivity contribution in [2.45, 2.75) is 13.1 Å². The lowest BCUT2D eigenvalue weighted by molar-refractivity contribution is -0.137. The van der Waals surface area contributed by atoms with Crippen molar-refractivity contribution in [3.05, 3.63) is 87.9 Å². The summed E-state index contributed by atoms with van der Waals surface area (Å²) in [6, 6.07) is 17.2. The van der Waals surface area contributed by atoms with Crippen molar-refractivity contribution in [2.24, 2.45) is 0 Å². The summed E-state index contributed by atoms with van der Waals surface area (Å²) < 4.78 is 44.5. The van der Waals surface area contributed by atoms with Gasteiger partial charge in [0, 0.05) is 16.5 Å². The minimum atomic E-state index is -4.48. The Morgan fingerprint density at radius 2 is 1.81 bits per heavy atom. The maximum absolute atomic E-state index is 13.0. The molecule has 0 amide bonds. The molecule has 0 radical (unpaired) electrons. The van der Waals surface area contributed by atoms with Gasteiger partial charge in [-0.3, -0.25) is 0 Å². The van der Waals surface area contributed by atoms with Crippen LogP contribution in [0.25, 0.3) is 33.9 Å². The van der Waals surface area contributed by atoms with E-state index >= 15 is 0 Å². The lowest BCUT2D eigenvalue weighted by atomic mass is 10.1. The zero-order valence-corrected chi connectivity index (χ0v) is 17.5. The number of benzene rings is 2. The average Bonchev–Trinajstić information content (AvgIpc) is 3.45. The van der Waals surface area contributed by atoms with Gasteiger partial charge in [0.25, 0.3) is 0 Å². The number of nitriles is 1. The Hall–Kier alpha value is -3.83. The molecule has 2 aromatic carbocycles. The summed E-state index contributed by atoms with van der Waals surface area (Å²) >= 11 is 1.19. The van der Waals surface area contributed by atoms with Gasteiger partial charge in [-0.25, -0.2) is 4.98 Å². The number of furan rings is 1. The topological polar surface area (TPSA) is 70.0 Å². The molecular formula is C24H15F3N2O2S. The molecule has 160 valence electrons. The van der Waals surface area contributed by atoms with E-state index in [0.717, 1.165) is 23.3 Å². The van der Waals surface area contributed by atoms with Crippen molar-refractivity contribution in [3.8, 4) is 28.7 Å². The van der Waals surface area contributed by atoms with Crippen LogP contribution in [0.4, 0.5) is 13.2 Å². The van der Waals surface area contributed by atoms with Crippen molar-refractivity contribution in [1.82, 2.24) is 4.98 Å². The molecule has 1 N–H and O–H groups in total. The normalized spacial score (nSPS) is 12.3. The first-order chi connectivity index (χ1) is 15.3. The standard InChI is InChI=1S/C24H15F3N2O2S/c1-14-5-7-15(8-6-14)19-13-32-23(29-19)18(12-28)22(30)21-10-9-20(31-21)16-3-2-4-17(11-16)24(25,26)27/h2-11,13,30H,1H3/b22-18-. The maximum Gasteiger partial charge on any atom is 0.416 e. The van der Waals surface area contributed by atoms with Crippen LogP contribution in [0.2, 0.25) is 0 Å². The Kier molecular flexibility index (Phi) is 5.59. The fraction of sp³-hybridized carbons (Fsp3) is 0.0833. The summed E-state index contributed by atoms with van der Waals surface area (Å²) in [4.78, 5) is 4.44. The van der Waals surface area contributed by atoms with E-state index in [4.69, 9.17) is 4.42 Å². The molecule has 0 unspecified atom stereocenters. The van der Waals surface area contributed by atoms with E-state index in [1.165, 1.54) is 35.6 Å². The highest BCUT2D eigenvalue weighted by Gasteiger charge is 2.30. The number of alkyl halides is 3. The van der Waals surface area contributed by atoms with Gasteiger partial charge in [-0.05, 0) is 31.2 Å².